The van der Waals surface area contributed by atoms with Crippen molar-refractivity contribution in [1.29, 1.82) is 0 Å². The van der Waals surface area contributed by atoms with Gasteiger partial charge in [0.05, 0.1) is 0 Å². The number of unbranched alkanes of at least 4 members (excludes halogenated alkanes) is 36. The molecule has 0 amide bonds. The van der Waals surface area contributed by atoms with E-state index in [1.165, 1.54) is 205 Å². The predicted molar refractivity (Wildman–Crippen MR) is 270 cm³/mol. The smallest absolute Gasteiger partial charge is 0.306 e. The van der Waals surface area contributed by atoms with Crippen molar-refractivity contribution in [3.05, 3.63) is 0 Å². The van der Waals surface area contributed by atoms with Crippen molar-refractivity contribution in [1.82, 2.24) is 0 Å². The molecule has 63 heavy (non-hydrogen) atoms. The first-order chi connectivity index (χ1) is 30.7. The molecule has 0 saturated carbocycles. The van der Waals surface area contributed by atoms with Gasteiger partial charge in [-0.15, -0.1) is 0 Å². The summed E-state index contributed by atoms with van der Waals surface area (Å²) in [6.45, 7) is 11.4. The molecule has 6 heteroatoms. The number of carbonyl (C=O) groups excluding carboxylic acids is 3. The van der Waals surface area contributed by atoms with Crippen LogP contribution < -0.4 is 0 Å². The van der Waals surface area contributed by atoms with Gasteiger partial charge < -0.3 is 14.2 Å². The highest BCUT2D eigenvalue weighted by Crippen LogP contribution is 2.18. The molecule has 1 atom stereocenters. The minimum atomic E-state index is -0.761. The van der Waals surface area contributed by atoms with Gasteiger partial charge in [0.2, 0.25) is 0 Å². The summed E-state index contributed by atoms with van der Waals surface area (Å²) in [4.78, 5) is 38.0. The molecule has 0 aliphatic heterocycles. The third-order valence-corrected chi connectivity index (χ3v) is 13.0. The fourth-order valence-corrected chi connectivity index (χ4v) is 8.70. The Morgan fingerprint density at radius 2 is 0.524 bits per heavy atom. The monoisotopic (exact) mass is 891 g/mol. The number of carbonyl (C=O) groups is 3. The molecule has 6 nitrogen and oxygen atoms in total. The summed E-state index contributed by atoms with van der Waals surface area (Å²) >= 11 is 0. The van der Waals surface area contributed by atoms with E-state index in [4.69, 9.17) is 14.2 Å². The average molecular weight is 892 g/mol. The lowest BCUT2D eigenvalue weighted by atomic mass is 10.0. The summed E-state index contributed by atoms with van der Waals surface area (Å²) in [7, 11) is 0. The molecule has 0 heterocycles. The second-order valence-electron chi connectivity index (χ2n) is 20.5. The summed E-state index contributed by atoms with van der Waals surface area (Å²) in [6.07, 6.45) is 52.4. The Morgan fingerprint density at radius 3 is 0.778 bits per heavy atom. The molecule has 0 N–H and O–H groups in total. The third-order valence-electron chi connectivity index (χ3n) is 13.0. The van der Waals surface area contributed by atoms with Crippen molar-refractivity contribution < 1.29 is 28.6 Å². The summed E-state index contributed by atoms with van der Waals surface area (Å²) in [5.41, 5.74) is 0. The van der Waals surface area contributed by atoms with Crippen molar-refractivity contribution in [2.75, 3.05) is 13.2 Å². The van der Waals surface area contributed by atoms with Crippen LogP contribution in [0.2, 0.25) is 0 Å². The first-order valence-corrected chi connectivity index (χ1v) is 28.2. The zero-order valence-electron chi connectivity index (χ0n) is 43.2. The van der Waals surface area contributed by atoms with Gasteiger partial charge in [0, 0.05) is 19.3 Å². The number of hydrogen-bond acceptors (Lipinski definition) is 6. The first-order valence-electron chi connectivity index (χ1n) is 28.2. The van der Waals surface area contributed by atoms with Crippen molar-refractivity contribution in [3.8, 4) is 0 Å². The van der Waals surface area contributed by atoms with Crippen LogP contribution >= 0.6 is 0 Å². The maximum atomic E-state index is 12.8. The molecule has 374 valence electrons. The van der Waals surface area contributed by atoms with E-state index in [9.17, 15) is 14.4 Å². The van der Waals surface area contributed by atoms with Gasteiger partial charge in [-0.2, -0.15) is 0 Å². The van der Waals surface area contributed by atoms with E-state index >= 15 is 0 Å². The van der Waals surface area contributed by atoms with Gasteiger partial charge in [0.25, 0.3) is 0 Å². The highest BCUT2D eigenvalue weighted by atomic mass is 16.6. The number of rotatable bonds is 51. The number of esters is 3. The van der Waals surface area contributed by atoms with Gasteiger partial charge in [0.15, 0.2) is 6.10 Å². The minimum Gasteiger partial charge on any atom is -0.462 e. The molecule has 0 fully saturated rings. The van der Waals surface area contributed by atoms with Crippen LogP contribution in [0.15, 0.2) is 0 Å². The van der Waals surface area contributed by atoms with Crippen LogP contribution in [0.4, 0.5) is 0 Å². The molecule has 0 aromatic rings. The maximum absolute atomic E-state index is 12.8. The standard InChI is InChI=1S/C57H110O6/c1-6-7-8-9-10-25-32-37-42-47-55(58)61-50-54(51-62-56(59)48-43-38-33-28-23-20-19-22-27-31-36-41-46-53(4)5)63-57(60)49-44-39-34-29-24-18-16-14-12-11-13-15-17-21-26-30-35-40-45-52(2)3/h52-54H,6-51H2,1-5H3/t54-/m1/s1. The largest absolute Gasteiger partial charge is 0.462 e. The molecular formula is C57H110O6. The Morgan fingerprint density at radius 1 is 0.302 bits per heavy atom. The second-order valence-corrected chi connectivity index (χ2v) is 20.5. The molecule has 0 unspecified atom stereocenters. The molecule has 0 aromatic carbocycles. The summed E-state index contributed by atoms with van der Waals surface area (Å²) in [6, 6.07) is 0. The highest BCUT2D eigenvalue weighted by molar-refractivity contribution is 5.71. The topological polar surface area (TPSA) is 78.9 Å². The first kappa shape index (κ1) is 61.4. The normalized spacial score (nSPS) is 12.0. The average Bonchev–Trinajstić information content (AvgIpc) is 3.25. The molecule has 0 rings (SSSR count). The predicted octanol–water partition coefficient (Wildman–Crippen LogP) is 18.5. The van der Waals surface area contributed by atoms with Crippen LogP contribution in [0, 0.1) is 11.8 Å². The molecular weight excluding hydrogens is 781 g/mol. The Kier molecular flexibility index (Phi) is 48.6. The summed E-state index contributed by atoms with van der Waals surface area (Å²) in [5.74, 6) is 0.848. The molecule has 0 radical (unpaired) electrons. The van der Waals surface area contributed by atoms with Crippen molar-refractivity contribution in [3.63, 3.8) is 0 Å². The summed E-state index contributed by atoms with van der Waals surface area (Å²) < 4.78 is 16.8. The molecule has 0 aromatic heterocycles. The Labute approximate surface area is 393 Å². The Hall–Kier alpha value is -1.59. The fourth-order valence-electron chi connectivity index (χ4n) is 8.70. The Bertz CT molecular complexity index is 962. The zero-order chi connectivity index (χ0) is 46.1. The molecule has 0 aliphatic carbocycles. The van der Waals surface area contributed by atoms with Crippen LogP contribution in [0.5, 0.6) is 0 Å². The van der Waals surface area contributed by atoms with E-state index in [0.717, 1.165) is 69.6 Å². The quantitative estimate of drug-likeness (QED) is 0.0344. The number of ether oxygens (including phenoxy) is 3. The van der Waals surface area contributed by atoms with Gasteiger partial charge >= 0.3 is 17.9 Å². The van der Waals surface area contributed by atoms with E-state index in [2.05, 4.69) is 34.6 Å². The van der Waals surface area contributed by atoms with E-state index in [0.29, 0.717) is 19.3 Å². The van der Waals surface area contributed by atoms with Crippen LogP contribution in [0.1, 0.15) is 317 Å². The lowest BCUT2D eigenvalue weighted by Gasteiger charge is -2.18. The lowest BCUT2D eigenvalue weighted by molar-refractivity contribution is -0.167. The van der Waals surface area contributed by atoms with Crippen LogP contribution in [0.25, 0.3) is 0 Å². The van der Waals surface area contributed by atoms with E-state index < -0.39 is 6.10 Å². The van der Waals surface area contributed by atoms with Crippen LogP contribution in [0.3, 0.4) is 0 Å². The van der Waals surface area contributed by atoms with Gasteiger partial charge in [-0.1, -0.05) is 279 Å². The van der Waals surface area contributed by atoms with Gasteiger partial charge in [-0.25, -0.2) is 0 Å². The summed E-state index contributed by atoms with van der Waals surface area (Å²) in [5, 5.41) is 0. The van der Waals surface area contributed by atoms with E-state index in [1.807, 2.05) is 0 Å². The van der Waals surface area contributed by atoms with Crippen LogP contribution in [-0.2, 0) is 28.6 Å². The van der Waals surface area contributed by atoms with E-state index in [1.54, 1.807) is 0 Å². The second kappa shape index (κ2) is 49.8. The Balaban J connectivity index is 4.20. The maximum Gasteiger partial charge on any atom is 0.306 e. The number of hydrogen-bond donors (Lipinski definition) is 0. The van der Waals surface area contributed by atoms with Crippen molar-refractivity contribution >= 4 is 17.9 Å². The molecule has 0 aliphatic rings. The van der Waals surface area contributed by atoms with E-state index in [-0.39, 0.29) is 31.1 Å². The van der Waals surface area contributed by atoms with Crippen molar-refractivity contribution in [2.24, 2.45) is 11.8 Å². The lowest BCUT2D eigenvalue weighted by Crippen LogP contribution is -2.30. The third kappa shape index (κ3) is 51.3. The van der Waals surface area contributed by atoms with Gasteiger partial charge in [0.1, 0.15) is 13.2 Å². The molecule has 0 bridgehead atoms. The SMILES string of the molecule is CCCCCCCCCCCC(=O)OC[C@H](COC(=O)CCCCCCCCCCCCCCC(C)C)OC(=O)CCCCCCCCCCCCCCCCCCCCC(C)C. The molecule has 0 spiro atoms. The minimum absolute atomic E-state index is 0.0631. The van der Waals surface area contributed by atoms with Gasteiger partial charge in [-0.05, 0) is 31.1 Å². The fraction of sp³-hybridized carbons (Fsp3) is 0.947. The van der Waals surface area contributed by atoms with Gasteiger partial charge in [-0.3, -0.25) is 14.4 Å². The molecule has 0 saturated heterocycles. The highest BCUT2D eigenvalue weighted by Gasteiger charge is 2.19. The van der Waals surface area contributed by atoms with Crippen LogP contribution in [-0.4, -0.2) is 37.2 Å². The van der Waals surface area contributed by atoms with Crippen molar-refractivity contribution in [2.45, 2.75) is 323 Å². The zero-order valence-corrected chi connectivity index (χ0v) is 43.2.